The summed E-state index contributed by atoms with van der Waals surface area (Å²) in [6.45, 7) is 1.33. The summed E-state index contributed by atoms with van der Waals surface area (Å²) in [5, 5.41) is 15.4. The predicted octanol–water partition coefficient (Wildman–Crippen LogP) is 3.86. The minimum Gasteiger partial charge on any atom is -0.366 e. The number of hydrogen-bond donors (Lipinski definition) is 1. The van der Waals surface area contributed by atoms with Crippen molar-refractivity contribution in [1.82, 2.24) is 10.3 Å². The maximum Gasteiger partial charge on any atom is 0.301 e. The molecule has 2 heterocycles. The van der Waals surface area contributed by atoms with Gasteiger partial charge >= 0.3 is 5.69 Å². The van der Waals surface area contributed by atoms with E-state index in [-0.39, 0.29) is 22.6 Å². The van der Waals surface area contributed by atoms with Gasteiger partial charge < -0.3 is 10.2 Å². The van der Waals surface area contributed by atoms with Crippen LogP contribution >= 0.6 is 0 Å². The molecule has 3 aromatic rings. The van der Waals surface area contributed by atoms with Crippen LogP contribution in [-0.4, -0.2) is 34.9 Å². The van der Waals surface area contributed by atoms with E-state index in [1.165, 1.54) is 0 Å². The molecule has 0 radical (unpaired) electrons. The van der Waals surface area contributed by atoms with Gasteiger partial charge in [-0.1, -0.05) is 30.3 Å². The quantitative estimate of drug-likeness (QED) is 0.498. The average Bonchev–Trinajstić information content (AvgIpc) is 2.78. The lowest BCUT2D eigenvalue weighted by molar-refractivity contribution is -0.382. The number of carbonyl (C=O) groups excluding carboxylic acids is 1. The van der Waals surface area contributed by atoms with E-state index in [2.05, 4.69) is 10.3 Å². The first kappa shape index (κ1) is 19.8. The first-order chi connectivity index (χ1) is 14.6. The minimum atomic E-state index is -0.323. The lowest BCUT2D eigenvalue weighted by Crippen LogP contribution is -2.44. The number of carbonyl (C=O) groups is 1. The van der Waals surface area contributed by atoms with E-state index >= 15 is 0 Å². The predicted molar refractivity (Wildman–Crippen MR) is 117 cm³/mol. The topological polar surface area (TPSA) is 88.4 Å². The van der Waals surface area contributed by atoms with Crippen LogP contribution in [0, 0.1) is 10.1 Å². The monoisotopic (exact) mass is 404 g/mol. The van der Waals surface area contributed by atoms with Crippen molar-refractivity contribution in [3.63, 3.8) is 0 Å². The highest BCUT2D eigenvalue weighted by Crippen LogP contribution is 2.36. The Morgan fingerprint density at radius 3 is 2.60 bits per heavy atom. The molecule has 154 valence electrons. The van der Waals surface area contributed by atoms with Gasteiger partial charge in [-0.05, 0) is 49.1 Å². The van der Waals surface area contributed by atoms with Crippen LogP contribution in [-0.2, 0) is 11.2 Å². The van der Waals surface area contributed by atoms with Gasteiger partial charge in [-0.25, -0.2) is 0 Å². The summed E-state index contributed by atoms with van der Waals surface area (Å²) in [5.74, 6) is 0.0556. The third-order valence-electron chi connectivity index (χ3n) is 5.60. The Morgan fingerprint density at radius 2 is 1.87 bits per heavy atom. The average molecular weight is 404 g/mol. The molecule has 1 aromatic heterocycles. The second-order valence-corrected chi connectivity index (χ2v) is 7.57. The molecule has 0 spiro atoms. The Kier molecular flexibility index (Phi) is 5.88. The molecule has 0 atom stereocenters. The van der Waals surface area contributed by atoms with Crippen molar-refractivity contribution >= 4 is 28.2 Å². The molecule has 30 heavy (non-hydrogen) atoms. The number of nitrogens with one attached hydrogen (secondary N) is 1. The number of piperidine rings is 1. The number of nitro groups is 1. The number of rotatable bonds is 6. The maximum atomic E-state index is 12.3. The smallest absolute Gasteiger partial charge is 0.301 e. The second-order valence-electron chi connectivity index (χ2n) is 7.57. The van der Waals surface area contributed by atoms with Gasteiger partial charge in [-0.2, -0.15) is 0 Å². The van der Waals surface area contributed by atoms with Crippen LogP contribution in [0.5, 0.6) is 0 Å². The first-order valence-corrected chi connectivity index (χ1v) is 10.2. The summed E-state index contributed by atoms with van der Waals surface area (Å²) in [4.78, 5) is 30.0. The number of nitro benzene ring substituents is 1. The van der Waals surface area contributed by atoms with Gasteiger partial charge in [0.15, 0.2) is 0 Å². The van der Waals surface area contributed by atoms with Crippen LogP contribution in [0.3, 0.4) is 0 Å². The number of anilines is 1. The van der Waals surface area contributed by atoms with E-state index in [4.69, 9.17) is 0 Å². The minimum absolute atomic E-state index is 0.0556. The molecule has 0 unspecified atom stereocenters. The zero-order valence-electron chi connectivity index (χ0n) is 16.7. The highest BCUT2D eigenvalue weighted by atomic mass is 16.6. The Balaban J connectivity index is 1.37. The van der Waals surface area contributed by atoms with Crippen molar-refractivity contribution in [2.75, 3.05) is 18.0 Å². The number of fused-ring (bicyclic) bond motifs is 1. The van der Waals surface area contributed by atoms with Crippen molar-refractivity contribution < 1.29 is 9.72 Å². The van der Waals surface area contributed by atoms with Crippen LogP contribution in [0.2, 0.25) is 0 Å². The summed E-state index contributed by atoms with van der Waals surface area (Å²) in [6.07, 6.45) is 4.35. The van der Waals surface area contributed by atoms with Crippen LogP contribution in [0.25, 0.3) is 10.9 Å². The number of hydrogen-bond acceptors (Lipinski definition) is 5. The molecule has 1 saturated heterocycles. The third kappa shape index (κ3) is 4.40. The number of amides is 1. The molecular weight excluding hydrogens is 380 g/mol. The molecule has 1 aliphatic rings. The van der Waals surface area contributed by atoms with Gasteiger partial charge in [0.25, 0.3) is 0 Å². The summed E-state index contributed by atoms with van der Waals surface area (Å²) >= 11 is 0. The fourth-order valence-corrected chi connectivity index (χ4v) is 4.04. The Labute approximate surface area is 174 Å². The highest BCUT2D eigenvalue weighted by molar-refractivity contribution is 5.94. The molecule has 0 saturated carbocycles. The summed E-state index contributed by atoms with van der Waals surface area (Å²) in [6, 6.07) is 17.1. The highest BCUT2D eigenvalue weighted by Gasteiger charge is 2.27. The van der Waals surface area contributed by atoms with Gasteiger partial charge in [0.1, 0.15) is 5.69 Å². The fourth-order valence-electron chi connectivity index (χ4n) is 4.04. The van der Waals surface area contributed by atoms with Gasteiger partial charge in [0, 0.05) is 31.7 Å². The zero-order chi connectivity index (χ0) is 20.9. The molecule has 1 amide bonds. The molecule has 1 fully saturated rings. The third-order valence-corrected chi connectivity index (χ3v) is 5.60. The van der Waals surface area contributed by atoms with Gasteiger partial charge in [0.2, 0.25) is 5.91 Å². The molecule has 1 aliphatic heterocycles. The van der Waals surface area contributed by atoms with E-state index in [9.17, 15) is 14.9 Å². The van der Waals surface area contributed by atoms with Gasteiger partial charge in [-0.3, -0.25) is 19.9 Å². The molecule has 2 aromatic carbocycles. The number of benzene rings is 2. The second kappa shape index (κ2) is 8.90. The van der Waals surface area contributed by atoms with Gasteiger partial charge in [0.05, 0.1) is 15.8 Å². The standard InChI is InChI=1S/C23H24N4O3/c28-22(11-8-17-5-2-1-3-6-17)25-18-12-15-26(16-13-18)21-10-9-20-19(7-4-14-24-20)23(21)27(29)30/h1-7,9-10,14,18H,8,11-13,15-16H2,(H,25,28). The summed E-state index contributed by atoms with van der Waals surface area (Å²) < 4.78 is 0. The Hall–Kier alpha value is -3.48. The van der Waals surface area contributed by atoms with Crippen molar-refractivity contribution in [1.29, 1.82) is 0 Å². The molecule has 0 bridgehead atoms. The van der Waals surface area contributed by atoms with Crippen LogP contribution in [0.4, 0.5) is 11.4 Å². The largest absolute Gasteiger partial charge is 0.366 e. The van der Waals surface area contributed by atoms with E-state index in [1.54, 1.807) is 24.4 Å². The van der Waals surface area contributed by atoms with Crippen molar-refractivity contribution in [2.45, 2.75) is 31.7 Å². The summed E-state index contributed by atoms with van der Waals surface area (Å²) in [7, 11) is 0. The number of aromatic nitrogens is 1. The van der Waals surface area contributed by atoms with Crippen molar-refractivity contribution in [3.05, 3.63) is 76.5 Å². The molecule has 7 heteroatoms. The van der Waals surface area contributed by atoms with Gasteiger partial charge in [-0.15, -0.1) is 0 Å². The van der Waals surface area contributed by atoms with E-state index in [0.29, 0.717) is 36.1 Å². The van der Waals surface area contributed by atoms with Crippen molar-refractivity contribution in [3.8, 4) is 0 Å². The number of pyridine rings is 1. The number of nitrogens with zero attached hydrogens (tertiary/aromatic N) is 3. The van der Waals surface area contributed by atoms with E-state index < -0.39 is 0 Å². The molecule has 1 N–H and O–H groups in total. The lowest BCUT2D eigenvalue weighted by Gasteiger charge is -2.33. The first-order valence-electron chi connectivity index (χ1n) is 10.2. The maximum absolute atomic E-state index is 12.3. The van der Waals surface area contributed by atoms with Crippen LogP contribution < -0.4 is 10.2 Å². The zero-order valence-corrected chi connectivity index (χ0v) is 16.7. The van der Waals surface area contributed by atoms with Crippen LogP contribution in [0.1, 0.15) is 24.8 Å². The fraction of sp³-hybridized carbons (Fsp3) is 0.304. The Bertz CT molecular complexity index is 1050. The van der Waals surface area contributed by atoms with E-state index in [1.807, 2.05) is 41.3 Å². The molecule has 4 rings (SSSR count). The lowest BCUT2D eigenvalue weighted by atomic mass is 10.0. The van der Waals surface area contributed by atoms with E-state index in [0.717, 1.165) is 24.8 Å². The van der Waals surface area contributed by atoms with Crippen LogP contribution in [0.15, 0.2) is 60.8 Å². The summed E-state index contributed by atoms with van der Waals surface area (Å²) in [5.41, 5.74) is 2.49. The molecule has 7 nitrogen and oxygen atoms in total. The van der Waals surface area contributed by atoms with Crippen molar-refractivity contribution in [2.24, 2.45) is 0 Å². The Morgan fingerprint density at radius 1 is 1.10 bits per heavy atom. The molecule has 0 aliphatic carbocycles. The normalized spacial score (nSPS) is 14.6. The SMILES string of the molecule is O=C(CCc1ccccc1)NC1CCN(c2ccc3ncccc3c2[N+](=O)[O-])CC1. The number of aryl methyl sites for hydroxylation is 1. The molecular formula is C23H24N4O3.